The minimum absolute atomic E-state index is 0.309. The standard InChI is InChI=1S/C29H41N5O/c1-18(2)27-25-16-22(21-7-11-33(12-8-21)23-9-13-35-14-10-23)5-6-26(25)32-28(27)24-15-19(3)29-30-17-31-34(29)20(24)4/h5-6,16-21,23-24,32H,7-15H2,1-4H3. The summed E-state index contributed by atoms with van der Waals surface area (Å²) in [5.74, 6) is 3.12. The lowest BCUT2D eigenvalue weighted by Gasteiger charge is -2.39. The Morgan fingerprint density at radius 1 is 1.06 bits per heavy atom. The van der Waals surface area contributed by atoms with Crippen molar-refractivity contribution in [1.29, 1.82) is 0 Å². The first kappa shape index (κ1) is 23.2. The van der Waals surface area contributed by atoms with Gasteiger partial charge in [-0.15, -0.1) is 0 Å². The molecule has 3 aromatic rings. The zero-order chi connectivity index (χ0) is 24.1. The molecule has 3 aliphatic rings. The van der Waals surface area contributed by atoms with Gasteiger partial charge in [-0.25, -0.2) is 9.67 Å². The molecule has 2 saturated heterocycles. The first-order valence-electron chi connectivity index (χ1n) is 13.9. The average Bonchev–Trinajstić information content (AvgIpc) is 3.52. The molecule has 0 saturated carbocycles. The normalized spacial score (nSPS) is 27.1. The molecule has 0 amide bonds. The van der Waals surface area contributed by atoms with Crippen LogP contribution in [0.3, 0.4) is 0 Å². The molecule has 188 valence electrons. The van der Waals surface area contributed by atoms with Crippen LogP contribution in [-0.4, -0.2) is 57.0 Å². The number of fused-ring (bicyclic) bond motifs is 2. The van der Waals surface area contributed by atoms with Crippen LogP contribution in [0.25, 0.3) is 10.9 Å². The molecule has 1 N–H and O–H groups in total. The van der Waals surface area contributed by atoms with E-state index in [0.717, 1.165) is 31.5 Å². The number of H-pyrrole nitrogens is 1. The fourth-order valence-electron chi connectivity index (χ4n) is 7.21. The van der Waals surface area contributed by atoms with Crippen molar-refractivity contribution in [3.05, 3.63) is 47.2 Å². The van der Waals surface area contributed by atoms with E-state index in [1.807, 2.05) is 0 Å². The monoisotopic (exact) mass is 475 g/mol. The summed E-state index contributed by atoms with van der Waals surface area (Å²) >= 11 is 0. The molecule has 6 rings (SSSR count). The molecule has 0 spiro atoms. The van der Waals surface area contributed by atoms with Crippen LogP contribution in [0.15, 0.2) is 24.5 Å². The predicted octanol–water partition coefficient (Wildman–Crippen LogP) is 6.09. The first-order valence-corrected chi connectivity index (χ1v) is 13.9. The van der Waals surface area contributed by atoms with Gasteiger partial charge in [-0.3, -0.25) is 0 Å². The molecule has 0 aliphatic carbocycles. The summed E-state index contributed by atoms with van der Waals surface area (Å²) in [7, 11) is 0. The molecular formula is C29H41N5O. The Labute approximate surface area is 209 Å². The number of benzene rings is 1. The van der Waals surface area contributed by atoms with Crippen LogP contribution in [-0.2, 0) is 4.74 Å². The topological polar surface area (TPSA) is 59.0 Å². The van der Waals surface area contributed by atoms with Gasteiger partial charge in [0, 0.05) is 47.7 Å². The van der Waals surface area contributed by atoms with E-state index in [1.54, 1.807) is 6.33 Å². The molecule has 6 nitrogen and oxygen atoms in total. The van der Waals surface area contributed by atoms with Crippen molar-refractivity contribution in [2.24, 2.45) is 0 Å². The van der Waals surface area contributed by atoms with Crippen molar-refractivity contribution >= 4 is 10.9 Å². The SMILES string of the molecule is CC(C)c1c(C2CC(C)c3ncnn3C2C)[nH]c2ccc(C3CCN(C4CCOCC4)CC3)cc12. The zero-order valence-corrected chi connectivity index (χ0v) is 21.8. The Morgan fingerprint density at radius 2 is 1.83 bits per heavy atom. The fourth-order valence-corrected chi connectivity index (χ4v) is 7.21. The zero-order valence-electron chi connectivity index (χ0n) is 21.8. The van der Waals surface area contributed by atoms with Crippen LogP contribution >= 0.6 is 0 Å². The summed E-state index contributed by atoms with van der Waals surface area (Å²) in [5, 5.41) is 6.02. The molecular weight excluding hydrogens is 434 g/mol. The van der Waals surface area contributed by atoms with Gasteiger partial charge in [0.05, 0.1) is 6.04 Å². The largest absolute Gasteiger partial charge is 0.381 e. The van der Waals surface area contributed by atoms with Gasteiger partial charge in [-0.05, 0) is 87.2 Å². The predicted molar refractivity (Wildman–Crippen MR) is 140 cm³/mol. The van der Waals surface area contributed by atoms with Gasteiger partial charge in [-0.2, -0.15) is 5.10 Å². The summed E-state index contributed by atoms with van der Waals surface area (Å²) in [5.41, 5.74) is 5.74. The number of aromatic amines is 1. The molecule has 35 heavy (non-hydrogen) atoms. The first-order chi connectivity index (χ1) is 17.0. The van der Waals surface area contributed by atoms with Crippen LogP contribution < -0.4 is 0 Å². The summed E-state index contributed by atoms with van der Waals surface area (Å²) in [6, 6.07) is 8.31. The maximum atomic E-state index is 5.59. The lowest BCUT2D eigenvalue weighted by atomic mass is 9.80. The maximum absolute atomic E-state index is 5.59. The van der Waals surface area contributed by atoms with Crippen molar-refractivity contribution in [3.8, 4) is 0 Å². The van der Waals surface area contributed by atoms with Gasteiger partial charge in [-0.1, -0.05) is 26.8 Å². The molecule has 0 bridgehead atoms. The van der Waals surface area contributed by atoms with E-state index >= 15 is 0 Å². The lowest BCUT2D eigenvalue weighted by molar-refractivity contribution is 0.0252. The number of nitrogens with zero attached hydrogens (tertiary/aromatic N) is 4. The third kappa shape index (κ3) is 4.13. The third-order valence-corrected chi connectivity index (χ3v) is 9.17. The molecule has 2 fully saturated rings. The lowest BCUT2D eigenvalue weighted by Crippen LogP contribution is -2.43. The highest BCUT2D eigenvalue weighted by atomic mass is 16.5. The van der Waals surface area contributed by atoms with E-state index in [9.17, 15) is 0 Å². The molecule has 0 radical (unpaired) electrons. The number of rotatable bonds is 4. The summed E-state index contributed by atoms with van der Waals surface area (Å²) in [4.78, 5) is 11.2. The second-order valence-electron chi connectivity index (χ2n) is 11.6. The number of hydrogen-bond donors (Lipinski definition) is 1. The number of nitrogens with one attached hydrogen (secondary N) is 1. The molecule has 2 aromatic heterocycles. The molecule has 1 aromatic carbocycles. The van der Waals surface area contributed by atoms with Gasteiger partial charge >= 0.3 is 0 Å². The van der Waals surface area contributed by atoms with Gasteiger partial charge in [0.25, 0.3) is 0 Å². The van der Waals surface area contributed by atoms with E-state index in [-0.39, 0.29) is 0 Å². The van der Waals surface area contributed by atoms with Crippen LogP contribution in [0.4, 0.5) is 0 Å². The number of ether oxygens (including phenoxy) is 1. The highest BCUT2D eigenvalue weighted by Crippen LogP contribution is 2.46. The molecule has 5 heterocycles. The minimum atomic E-state index is 0.309. The smallest absolute Gasteiger partial charge is 0.138 e. The fraction of sp³-hybridized carbons (Fsp3) is 0.655. The second-order valence-corrected chi connectivity index (χ2v) is 11.6. The molecule has 6 heteroatoms. The Kier molecular flexibility index (Phi) is 6.21. The highest BCUT2D eigenvalue weighted by molar-refractivity contribution is 5.86. The Morgan fingerprint density at radius 3 is 2.57 bits per heavy atom. The molecule has 3 atom stereocenters. The van der Waals surface area contributed by atoms with Crippen molar-refractivity contribution in [2.45, 2.75) is 95.6 Å². The summed E-state index contributed by atoms with van der Waals surface area (Å²) in [6.07, 6.45) is 7.78. The minimum Gasteiger partial charge on any atom is -0.381 e. The summed E-state index contributed by atoms with van der Waals surface area (Å²) < 4.78 is 7.75. The van der Waals surface area contributed by atoms with E-state index in [4.69, 9.17) is 4.74 Å². The van der Waals surface area contributed by atoms with Crippen molar-refractivity contribution in [1.82, 2.24) is 24.6 Å². The quantitative estimate of drug-likeness (QED) is 0.496. The van der Waals surface area contributed by atoms with Gasteiger partial charge in [0.2, 0.25) is 0 Å². The molecule has 3 aliphatic heterocycles. The van der Waals surface area contributed by atoms with Crippen LogP contribution in [0, 0.1) is 0 Å². The van der Waals surface area contributed by atoms with Gasteiger partial charge in [0.1, 0.15) is 12.2 Å². The van der Waals surface area contributed by atoms with E-state index in [0.29, 0.717) is 29.7 Å². The van der Waals surface area contributed by atoms with Crippen LogP contribution in [0.2, 0.25) is 0 Å². The van der Waals surface area contributed by atoms with Crippen molar-refractivity contribution < 1.29 is 4.74 Å². The highest BCUT2D eigenvalue weighted by Gasteiger charge is 2.36. The third-order valence-electron chi connectivity index (χ3n) is 9.17. The van der Waals surface area contributed by atoms with E-state index < -0.39 is 0 Å². The number of aromatic nitrogens is 4. The van der Waals surface area contributed by atoms with Crippen LogP contribution in [0.1, 0.15) is 112 Å². The Bertz CT molecular complexity index is 1170. The number of piperidine rings is 1. The molecule has 3 unspecified atom stereocenters. The van der Waals surface area contributed by atoms with E-state index in [1.165, 1.54) is 66.5 Å². The maximum Gasteiger partial charge on any atom is 0.138 e. The second kappa shape index (κ2) is 9.36. The number of likely N-dealkylation sites (tertiary alicyclic amines) is 1. The summed E-state index contributed by atoms with van der Waals surface area (Å²) in [6.45, 7) is 13.6. The van der Waals surface area contributed by atoms with E-state index in [2.05, 4.69) is 70.5 Å². The Balaban J connectivity index is 1.28. The van der Waals surface area contributed by atoms with Gasteiger partial charge in [0.15, 0.2) is 0 Å². The van der Waals surface area contributed by atoms with Crippen LogP contribution in [0.5, 0.6) is 0 Å². The van der Waals surface area contributed by atoms with Crippen molar-refractivity contribution in [3.63, 3.8) is 0 Å². The van der Waals surface area contributed by atoms with Gasteiger partial charge < -0.3 is 14.6 Å². The van der Waals surface area contributed by atoms with Crippen molar-refractivity contribution in [2.75, 3.05) is 26.3 Å². The Hall–Kier alpha value is -2.18. The number of hydrogen-bond acceptors (Lipinski definition) is 4. The average molecular weight is 476 g/mol.